The Bertz CT molecular complexity index is 1780. The summed E-state index contributed by atoms with van der Waals surface area (Å²) in [5.41, 5.74) is 5.22. The van der Waals surface area contributed by atoms with Gasteiger partial charge in [-0.1, -0.05) is 152 Å². The average molecular weight is 747 g/mol. The second-order valence-electron chi connectivity index (χ2n) is 13.7. The Balaban J connectivity index is 1.09. The number of benzene rings is 5. The number of ether oxygens (including phenoxy) is 9. The van der Waals surface area contributed by atoms with Crippen molar-refractivity contribution in [1.82, 2.24) is 0 Å². The predicted octanol–water partition coefficient (Wildman–Crippen LogP) is 7.66. The van der Waals surface area contributed by atoms with Crippen LogP contribution < -0.4 is 0 Å². The molecule has 0 spiro atoms. The maximum atomic E-state index is 6.66. The van der Waals surface area contributed by atoms with Crippen LogP contribution in [-0.4, -0.2) is 69.5 Å². The summed E-state index contributed by atoms with van der Waals surface area (Å²) in [4.78, 5) is 0. The molecule has 5 aromatic rings. The van der Waals surface area contributed by atoms with Crippen LogP contribution in [0.3, 0.4) is 0 Å². The van der Waals surface area contributed by atoms with Crippen LogP contribution in [0.5, 0.6) is 0 Å². The SMILES string of the molecule is CO[C@H]1O[C@H](CO[C@H]2O[C@H](COCc3ccccc3)[C@@H](OCc3ccccc3)[C@@H]2OCc2ccccc2)[C@@H](OCc2ccccc2)[C@@H]1OCc1ccccc1. The molecule has 0 saturated carbocycles. The molecular weight excluding hydrogens is 696 g/mol. The van der Waals surface area contributed by atoms with Crippen LogP contribution in [0.2, 0.25) is 0 Å². The Hall–Kier alpha value is -4.26. The Morgan fingerprint density at radius 3 is 1.09 bits per heavy atom. The standard InChI is InChI=1S/C46H50O9/c1-47-45-43(51-30-37-23-13-5-14-24-37)42(50-29-36-21-11-4-12-22-36)40(54-45)33-53-46-44(52-31-38-25-15-6-16-26-38)41(49-28-35-19-9-3-10-20-35)39(55-46)32-48-27-34-17-7-2-8-18-34/h2-26,39-46H,27-33H2,1H3/t39-,40-,41-,42-,43+,44+,45+,46+/m1/s1. The zero-order valence-corrected chi connectivity index (χ0v) is 31.2. The van der Waals surface area contributed by atoms with Gasteiger partial charge in [-0.3, -0.25) is 0 Å². The molecule has 0 aliphatic carbocycles. The predicted molar refractivity (Wildman–Crippen MR) is 206 cm³/mol. The van der Waals surface area contributed by atoms with Crippen LogP contribution in [0.25, 0.3) is 0 Å². The van der Waals surface area contributed by atoms with E-state index in [9.17, 15) is 0 Å². The number of rotatable bonds is 20. The average Bonchev–Trinajstić information content (AvgIpc) is 3.77. The van der Waals surface area contributed by atoms with E-state index < -0.39 is 49.2 Å². The van der Waals surface area contributed by atoms with E-state index in [1.165, 1.54) is 0 Å². The summed E-state index contributed by atoms with van der Waals surface area (Å²) in [5.74, 6) is 0. The molecule has 7 rings (SSSR count). The third kappa shape index (κ3) is 11.2. The highest BCUT2D eigenvalue weighted by molar-refractivity contribution is 5.17. The van der Waals surface area contributed by atoms with Crippen molar-refractivity contribution in [2.75, 3.05) is 20.3 Å². The molecule has 5 aromatic carbocycles. The lowest BCUT2D eigenvalue weighted by Gasteiger charge is -2.27. The first-order valence-corrected chi connectivity index (χ1v) is 18.9. The summed E-state index contributed by atoms with van der Waals surface area (Å²) in [5, 5.41) is 0. The van der Waals surface area contributed by atoms with Gasteiger partial charge in [0.15, 0.2) is 12.6 Å². The third-order valence-corrected chi connectivity index (χ3v) is 9.73. The van der Waals surface area contributed by atoms with Crippen molar-refractivity contribution < 1.29 is 42.6 Å². The van der Waals surface area contributed by atoms with Crippen molar-refractivity contribution in [2.24, 2.45) is 0 Å². The molecule has 9 nitrogen and oxygen atoms in total. The van der Waals surface area contributed by atoms with Gasteiger partial charge in [0, 0.05) is 7.11 Å². The first kappa shape index (κ1) is 39.0. The Morgan fingerprint density at radius 1 is 0.364 bits per heavy atom. The van der Waals surface area contributed by atoms with Crippen LogP contribution in [0, 0.1) is 0 Å². The minimum absolute atomic E-state index is 0.128. The summed E-state index contributed by atoms with van der Waals surface area (Å²) in [6, 6.07) is 50.3. The summed E-state index contributed by atoms with van der Waals surface area (Å²) in [6.45, 7) is 2.31. The number of hydrogen-bond acceptors (Lipinski definition) is 9. The third-order valence-electron chi connectivity index (χ3n) is 9.73. The van der Waals surface area contributed by atoms with Crippen molar-refractivity contribution in [2.45, 2.75) is 82.2 Å². The maximum Gasteiger partial charge on any atom is 0.187 e. The largest absolute Gasteiger partial charge is 0.374 e. The van der Waals surface area contributed by atoms with E-state index in [4.69, 9.17) is 42.6 Å². The van der Waals surface area contributed by atoms with Gasteiger partial charge in [-0.2, -0.15) is 0 Å². The van der Waals surface area contributed by atoms with E-state index in [0.717, 1.165) is 27.8 Å². The highest BCUT2D eigenvalue weighted by Crippen LogP contribution is 2.33. The molecule has 8 atom stereocenters. The molecule has 0 radical (unpaired) electrons. The number of hydrogen-bond donors (Lipinski definition) is 0. The smallest absolute Gasteiger partial charge is 0.187 e. The lowest BCUT2D eigenvalue weighted by Crippen LogP contribution is -2.42. The van der Waals surface area contributed by atoms with Gasteiger partial charge in [-0.05, 0) is 27.8 Å². The quantitative estimate of drug-likeness (QED) is 0.0798. The minimum Gasteiger partial charge on any atom is -0.374 e. The van der Waals surface area contributed by atoms with Crippen LogP contribution >= 0.6 is 0 Å². The summed E-state index contributed by atoms with van der Waals surface area (Å²) >= 11 is 0. The summed E-state index contributed by atoms with van der Waals surface area (Å²) in [7, 11) is 1.61. The van der Waals surface area contributed by atoms with Crippen LogP contribution in [0.4, 0.5) is 0 Å². The highest BCUT2D eigenvalue weighted by Gasteiger charge is 2.50. The van der Waals surface area contributed by atoms with Crippen molar-refractivity contribution >= 4 is 0 Å². The van der Waals surface area contributed by atoms with Gasteiger partial charge in [0.05, 0.1) is 46.2 Å². The van der Waals surface area contributed by atoms with Crippen molar-refractivity contribution in [3.05, 3.63) is 179 Å². The summed E-state index contributed by atoms with van der Waals surface area (Å²) in [6.07, 6.45) is -4.57. The molecule has 9 heteroatoms. The van der Waals surface area contributed by atoms with E-state index in [2.05, 4.69) is 0 Å². The van der Waals surface area contributed by atoms with E-state index in [1.54, 1.807) is 7.11 Å². The van der Waals surface area contributed by atoms with Gasteiger partial charge in [0.25, 0.3) is 0 Å². The fourth-order valence-electron chi connectivity index (χ4n) is 6.85. The lowest BCUT2D eigenvalue weighted by molar-refractivity contribution is -0.212. The fourth-order valence-corrected chi connectivity index (χ4v) is 6.85. The van der Waals surface area contributed by atoms with Gasteiger partial charge >= 0.3 is 0 Å². The van der Waals surface area contributed by atoms with Gasteiger partial charge in [-0.15, -0.1) is 0 Å². The molecule has 0 unspecified atom stereocenters. The van der Waals surface area contributed by atoms with Gasteiger partial charge in [0.2, 0.25) is 0 Å². The molecule has 2 aliphatic rings. The van der Waals surface area contributed by atoms with Crippen molar-refractivity contribution in [3.63, 3.8) is 0 Å². The van der Waals surface area contributed by atoms with Crippen LogP contribution in [0.1, 0.15) is 27.8 Å². The van der Waals surface area contributed by atoms with E-state index in [0.29, 0.717) is 33.0 Å². The maximum absolute atomic E-state index is 6.66. The van der Waals surface area contributed by atoms with Crippen LogP contribution in [0.15, 0.2) is 152 Å². The molecule has 288 valence electrons. The lowest BCUT2D eigenvalue weighted by atomic mass is 10.1. The van der Waals surface area contributed by atoms with E-state index in [-0.39, 0.29) is 13.2 Å². The normalized spacial score (nSPS) is 25.0. The Labute approximate surface area is 324 Å². The van der Waals surface area contributed by atoms with Gasteiger partial charge < -0.3 is 42.6 Å². The second kappa shape index (κ2) is 20.6. The molecule has 0 amide bonds. The zero-order chi connectivity index (χ0) is 37.5. The zero-order valence-electron chi connectivity index (χ0n) is 31.2. The summed E-state index contributed by atoms with van der Waals surface area (Å²) < 4.78 is 58.1. The highest BCUT2D eigenvalue weighted by atomic mass is 16.8. The van der Waals surface area contributed by atoms with Gasteiger partial charge in [-0.25, -0.2) is 0 Å². The second-order valence-corrected chi connectivity index (χ2v) is 13.7. The molecule has 55 heavy (non-hydrogen) atoms. The molecule has 2 heterocycles. The van der Waals surface area contributed by atoms with E-state index >= 15 is 0 Å². The van der Waals surface area contributed by atoms with Crippen molar-refractivity contribution in [1.29, 1.82) is 0 Å². The monoisotopic (exact) mass is 746 g/mol. The molecule has 0 aromatic heterocycles. The van der Waals surface area contributed by atoms with Crippen molar-refractivity contribution in [3.8, 4) is 0 Å². The molecule has 2 fully saturated rings. The minimum atomic E-state index is -0.793. The molecule has 0 bridgehead atoms. The van der Waals surface area contributed by atoms with E-state index in [1.807, 2.05) is 152 Å². The molecule has 2 aliphatic heterocycles. The number of methoxy groups -OCH3 is 1. The first-order chi connectivity index (χ1) is 27.2. The topological polar surface area (TPSA) is 83.1 Å². The molecule has 2 saturated heterocycles. The molecular formula is C46H50O9. The van der Waals surface area contributed by atoms with Gasteiger partial charge in [0.1, 0.15) is 36.6 Å². The Morgan fingerprint density at radius 2 is 0.691 bits per heavy atom. The Kier molecular flexibility index (Phi) is 14.6. The van der Waals surface area contributed by atoms with Crippen LogP contribution in [-0.2, 0) is 75.7 Å². The fraction of sp³-hybridized carbons (Fsp3) is 0.348. The molecule has 0 N–H and O–H groups in total. The first-order valence-electron chi connectivity index (χ1n) is 18.9.